The summed E-state index contributed by atoms with van der Waals surface area (Å²) >= 11 is 1.53. The summed E-state index contributed by atoms with van der Waals surface area (Å²) in [7, 11) is 0. The van der Waals surface area contributed by atoms with Crippen molar-refractivity contribution in [3.05, 3.63) is 51.7 Å². The minimum Gasteiger partial charge on any atom is -0.506 e. The van der Waals surface area contributed by atoms with Gasteiger partial charge in [-0.15, -0.1) is 23.7 Å². The summed E-state index contributed by atoms with van der Waals surface area (Å²) in [5.41, 5.74) is 6.87. The zero-order chi connectivity index (χ0) is 11.5. The van der Waals surface area contributed by atoms with Crippen LogP contribution >= 0.6 is 23.7 Å². The van der Waals surface area contributed by atoms with E-state index in [-0.39, 0.29) is 29.8 Å². The molecule has 2 rings (SSSR count). The van der Waals surface area contributed by atoms with E-state index < -0.39 is 0 Å². The molecule has 0 aliphatic rings. The largest absolute Gasteiger partial charge is 0.506 e. The lowest BCUT2D eigenvalue weighted by molar-refractivity contribution is 0.464. The number of nitrogens with two attached hydrogens (primary N) is 1. The van der Waals surface area contributed by atoms with E-state index >= 15 is 0 Å². The van der Waals surface area contributed by atoms with Gasteiger partial charge in [0.15, 0.2) is 0 Å². The van der Waals surface area contributed by atoms with E-state index in [1.54, 1.807) is 18.2 Å². The van der Waals surface area contributed by atoms with Crippen molar-refractivity contribution in [2.45, 2.75) is 6.04 Å². The number of nitriles is 1. The van der Waals surface area contributed by atoms with Crippen molar-refractivity contribution in [3.63, 3.8) is 0 Å². The summed E-state index contributed by atoms with van der Waals surface area (Å²) in [4.78, 5) is 0.963. The van der Waals surface area contributed by atoms with Gasteiger partial charge in [0, 0.05) is 10.4 Å². The van der Waals surface area contributed by atoms with Crippen LogP contribution in [0.4, 0.5) is 0 Å². The molecule has 5 heteroatoms. The first-order valence-electron chi connectivity index (χ1n) is 4.75. The number of para-hydroxylation sites is 1. The molecule has 3 nitrogen and oxygen atoms in total. The van der Waals surface area contributed by atoms with Gasteiger partial charge in [-0.1, -0.05) is 18.2 Å². The van der Waals surface area contributed by atoms with E-state index in [1.807, 2.05) is 23.6 Å². The molecule has 1 atom stereocenters. The second-order valence-electron chi connectivity index (χ2n) is 3.35. The zero-order valence-electron chi connectivity index (χ0n) is 8.83. The van der Waals surface area contributed by atoms with Crippen LogP contribution in [-0.2, 0) is 0 Å². The maximum atomic E-state index is 9.86. The topological polar surface area (TPSA) is 70.0 Å². The highest BCUT2D eigenvalue weighted by Gasteiger charge is 2.15. The molecule has 0 amide bonds. The van der Waals surface area contributed by atoms with Crippen LogP contribution in [0.25, 0.3) is 0 Å². The fourth-order valence-electron chi connectivity index (χ4n) is 1.52. The van der Waals surface area contributed by atoms with E-state index in [2.05, 4.69) is 0 Å². The van der Waals surface area contributed by atoms with Crippen LogP contribution in [0.1, 0.15) is 22.0 Å². The lowest BCUT2D eigenvalue weighted by Crippen LogP contribution is -2.10. The Bertz CT molecular complexity index is 534. The van der Waals surface area contributed by atoms with Gasteiger partial charge in [0.25, 0.3) is 0 Å². The Hall–Kier alpha value is -1.54. The van der Waals surface area contributed by atoms with Gasteiger partial charge in [-0.3, -0.25) is 0 Å². The number of thiophene rings is 1. The Morgan fingerprint density at radius 2 is 2.06 bits per heavy atom. The molecule has 3 N–H and O–H groups in total. The van der Waals surface area contributed by atoms with Crippen LogP contribution < -0.4 is 5.73 Å². The molecule has 17 heavy (non-hydrogen) atoms. The van der Waals surface area contributed by atoms with Gasteiger partial charge in [0.2, 0.25) is 0 Å². The van der Waals surface area contributed by atoms with Gasteiger partial charge in [0.05, 0.1) is 11.6 Å². The molecule has 2 aromatic rings. The first-order chi connectivity index (χ1) is 7.74. The van der Waals surface area contributed by atoms with Crippen molar-refractivity contribution in [2.75, 3.05) is 0 Å². The predicted molar refractivity (Wildman–Crippen MR) is 70.4 cm³/mol. The Labute approximate surface area is 110 Å². The Morgan fingerprint density at radius 1 is 1.29 bits per heavy atom. The van der Waals surface area contributed by atoms with E-state index in [9.17, 15) is 5.11 Å². The third kappa shape index (κ3) is 2.59. The minimum absolute atomic E-state index is 0. The van der Waals surface area contributed by atoms with E-state index in [1.165, 1.54) is 11.3 Å². The lowest BCUT2D eigenvalue weighted by Gasteiger charge is -2.12. The van der Waals surface area contributed by atoms with Crippen LogP contribution in [0.3, 0.4) is 0 Å². The molecular formula is C12H11ClN2OS. The lowest BCUT2D eigenvalue weighted by atomic mass is 10.0. The average molecular weight is 267 g/mol. The molecule has 0 fully saturated rings. The van der Waals surface area contributed by atoms with Crippen molar-refractivity contribution in [1.82, 2.24) is 0 Å². The smallest absolute Gasteiger partial charge is 0.138 e. The van der Waals surface area contributed by atoms with Gasteiger partial charge in [-0.25, -0.2) is 0 Å². The Kier molecular flexibility index (Phi) is 4.53. The van der Waals surface area contributed by atoms with Gasteiger partial charge in [-0.2, -0.15) is 5.26 Å². The molecule has 0 saturated heterocycles. The summed E-state index contributed by atoms with van der Waals surface area (Å²) in [6.07, 6.45) is 0. The minimum atomic E-state index is -0.381. The molecular weight excluding hydrogens is 256 g/mol. The molecule has 0 radical (unpaired) electrons. The summed E-state index contributed by atoms with van der Waals surface area (Å²) in [5.74, 6) is -0.0223. The van der Waals surface area contributed by atoms with Crippen molar-refractivity contribution in [2.24, 2.45) is 5.73 Å². The van der Waals surface area contributed by atoms with Crippen LogP contribution in [0.5, 0.6) is 5.75 Å². The maximum absolute atomic E-state index is 9.86. The summed E-state index contributed by atoms with van der Waals surface area (Å²) < 4.78 is 0. The fourth-order valence-corrected chi connectivity index (χ4v) is 2.27. The standard InChI is InChI=1S/C12H10N2OS.ClH/c13-7-8-3-1-4-9(12(8)15)11(14)10-5-2-6-16-10;/h1-6,11,15H,14H2;1H/t11-;/m0./s1. The fraction of sp³-hybridized carbons (Fsp3) is 0.0833. The van der Waals surface area contributed by atoms with Crippen molar-refractivity contribution < 1.29 is 5.11 Å². The third-order valence-corrected chi connectivity index (χ3v) is 3.33. The quantitative estimate of drug-likeness (QED) is 0.878. The number of phenolic OH excluding ortho intramolecular Hbond substituents is 1. The van der Waals surface area contributed by atoms with Crippen molar-refractivity contribution >= 4 is 23.7 Å². The van der Waals surface area contributed by atoms with Gasteiger partial charge < -0.3 is 10.8 Å². The Morgan fingerprint density at radius 3 is 2.65 bits per heavy atom. The molecule has 1 aromatic carbocycles. The molecule has 0 unspecified atom stereocenters. The highest BCUT2D eigenvalue weighted by Crippen LogP contribution is 2.31. The summed E-state index contributed by atoms with van der Waals surface area (Å²) in [5, 5.41) is 20.6. The number of rotatable bonds is 2. The first kappa shape index (κ1) is 13.5. The number of benzene rings is 1. The monoisotopic (exact) mass is 266 g/mol. The molecule has 0 bridgehead atoms. The SMILES string of the molecule is Cl.N#Cc1cccc([C@H](N)c2cccs2)c1O. The van der Waals surface area contributed by atoms with Gasteiger partial charge in [-0.05, 0) is 17.5 Å². The van der Waals surface area contributed by atoms with Crippen LogP contribution in [0, 0.1) is 11.3 Å². The first-order valence-corrected chi connectivity index (χ1v) is 5.63. The summed E-state index contributed by atoms with van der Waals surface area (Å²) in [6.45, 7) is 0. The highest BCUT2D eigenvalue weighted by atomic mass is 35.5. The number of nitrogens with zero attached hydrogens (tertiary/aromatic N) is 1. The molecule has 88 valence electrons. The average Bonchev–Trinajstić information content (AvgIpc) is 2.82. The van der Waals surface area contributed by atoms with E-state index in [4.69, 9.17) is 11.0 Å². The molecule has 0 saturated carbocycles. The van der Waals surface area contributed by atoms with Crippen molar-refractivity contribution in [1.29, 1.82) is 5.26 Å². The van der Waals surface area contributed by atoms with Crippen LogP contribution in [0.15, 0.2) is 35.7 Å². The van der Waals surface area contributed by atoms with E-state index in [0.717, 1.165) is 4.88 Å². The molecule has 0 aliphatic heterocycles. The zero-order valence-corrected chi connectivity index (χ0v) is 10.5. The molecule has 1 heterocycles. The third-order valence-electron chi connectivity index (χ3n) is 2.37. The maximum Gasteiger partial charge on any atom is 0.138 e. The molecule has 1 aromatic heterocycles. The molecule has 0 aliphatic carbocycles. The normalized spacial score (nSPS) is 11.3. The van der Waals surface area contributed by atoms with Crippen LogP contribution in [0.2, 0.25) is 0 Å². The van der Waals surface area contributed by atoms with Gasteiger partial charge in [0.1, 0.15) is 11.8 Å². The summed E-state index contributed by atoms with van der Waals surface area (Å²) in [6, 6.07) is 10.4. The number of hydrogen-bond donors (Lipinski definition) is 2. The predicted octanol–water partition coefficient (Wildman–Crippen LogP) is 2.80. The second kappa shape index (κ2) is 5.69. The van der Waals surface area contributed by atoms with E-state index in [0.29, 0.717) is 5.56 Å². The number of phenols is 1. The van der Waals surface area contributed by atoms with Gasteiger partial charge >= 0.3 is 0 Å². The van der Waals surface area contributed by atoms with Crippen LogP contribution in [-0.4, -0.2) is 5.11 Å². The number of hydrogen-bond acceptors (Lipinski definition) is 4. The van der Waals surface area contributed by atoms with Crippen molar-refractivity contribution in [3.8, 4) is 11.8 Å². The number of aromatic hydroxyl groups is 1. The Balaban J connectivity index is 0.00000144. The second-order valence-corrected chi connectivity index (χ2v) is 4.33. The molecule has 0 spiro atoms. The number of halogens is 1. The highest BCUT2D eigenvalue weighted by molar-refractivity contribution is 7.10.